The molecule has 4 aromatic rings. The normalized spacial score (nSPS) is 17.6. The monoisotopic (exact) mass is 552 g/mol. The van der Waals surface area contributed by atoms with Gasteiger partial charge in [0, 0.05) is 36.4 Å². The minimum Gasteiger partial charge on any atom is -0.491 e. The molecule has 2 heterocycles. The Balaban J connectivity index is 1.19. The molecule has 1 amide bonds. The summed E-state index contributed by atoms with van der Waals surface area (Å²) in [6.45, 7) is 3.08. The van der Waals surface area contributed by atoms with Crippen LogP contribution >= 0.6 is 0 Å². The number of rotatable bonds is 8. The van der Waals surface area contributed by atoms with Crippen LogP contribution in [-0.4, -0.2) is 45.7 Å². The Morgan fingerprint density at radius 3 is 2.41 bits per heavy atom. The van der Waals surface area contributed by atoms with Crippen molar-refractivity contribution in [1.29, 1.82) is 0 Å². The third-order valence-corrected chi connectivity index (χ3v) is 8.33. The van der Waals surface area contributed by atoms with Crippen LogP contribution in [0.15, 0.2) is 66.7 Å². The summed E-state index contributed by atoms with van der Waals surface area (Å²) < 4.78 is 8.59. The van der Waals surface area contributed by atoms with Crippen molar-refractivity contribution in [2.75, 3.05) is 23.4 Å². The Morgan fingerprint density at radius 2 is 1.71 bits per heavy atom. The highest BCUT2D eigenvalue weighted by atomic mass is 16.5. The number of anilines is 2. The van der Waals surface area contributed by atoms with Gasteiger partial charge in [-0.2, -0.15) is 0 Å². The lowest BCUT2D eigenvalue weighted by Crippen LogP contribution is -2.34. The van der Waals surface area contributed by atoms with E-state index in [9.17, 15) is 14.7 Å². The lowest BCUT2D eigenvalue weighted by atomic mass is 9.95. The highest BCUT2D eigenvalue weighted by molar-refractivity contribution is 5.93. The summed E-state index contributed by atoms with van der Waals surface area (Å²) in [4.78, 5) is 30.2. The van der Waals surface area contributed by atoms with Gasteiger partial charge in [0.1, 0.15) is 18.2 Å². The van der Waals surface area contributed by atoms with Gasteiger partial charge in [-0.3, -0.25) is 4.79 Å². The highest BCUT2D eigenvalue weighted by Gasteiger charge is 2.26. The van der Waals surface area contributed by atoms with Crippen molar-refractivity contribution >= 4 is 34.3 Å². The second-order valence-electron chi connectivity index (χ2n) is 11.2. The number of carbonyl (C=O) groups excluding carboxylic acids is 1. The molecule has 1 aromatic heterocycles. The van der Waals surface area contributed by atoms with E-state index in [4.69, 9.17) is 9.72 Å². The number of ether oxygens (including phenoxy) is 1. The first kappa shape index (κ1) is 26.9. The first-order valence-electron chi connectivity index (χ1n) is 14.6. The Morgan fingerprint density at radius 1 is 0.951 bits per heavy atom. The number of carboxylic acids is 1. The van der Waals surface area contributed by atoms with Crippen LogP contribution in [0.3, 0.4) is 0 Å². The summed E-state index contributed by atoms with van der Waals surface area (Å²) in [6, 6.07) is 22.0. The second kappa shape index (κ2) is 11.6. The van der Waals surface area contributed by atoms with Crippen molar-refractivity contribution < 1.29 is 19.4 Å². The van der Waals surface area contributed by atoms with Crippen LogP contribution in [-0.2, 0) is 4.79 Å². The van der Waals surface area contributed by atoms with E-state index in [1.807, 2.05) is 30.3 Å². The van der Waals surface area contributed by atoms with Crippen LogP contribution < -0.4 is 15.0 Å². The third kappa shape index (κ3) is 5.78. The van der Waals surface area contributed by atoms with Gasteiger partial charge in [0.25, 0.3) is 0 Å². The fourth-order valence-corrected chi connectivity index (χ4v) is 6.33. The molecule has 8 heteroatoms. The zero-order chi connectivity index (χ0) is 28.3. The van der Waals surface area contributed by atoms with E-state index in [0.717, 1.165) is 71.8 Å². The first-order chi connectivity index (χ1) is 20.0. The number of aromatic carboxylic acids is 1. The average molecular weight is 553 g/mol. The summed E-state index contributed by atoms with van der Waals surface area (Å²) >= 11 is 0. The van der Waals surface area contributed by atoms with Crippen LogP contribution in [0.2, 0.25) is 0 Å². The molecule has 2 N–H and O–H groups in total. The van der Waals surface area contributed by atoms with E-state index >= 15 is 0 Å². The molecule has 8 nitrogen and oxygen atoms in total. The number of carbonyl (C=O) groups is 2. The number of amides is 1. The molecule has 1 aliphatic carbocycles. The molecule has 212 valence electrons. The summed E-state index contributed by atoms with van der Waals surface area (Å²) in [5, 5.41) is 12.3. The van der Waals surface area contributed by atoms with Gasteiger partial charge in [-0.15, -0.1) is 0 Å². The van der Waals surface area contributed by atoms with E-state index in [1.54, 1.807) is 12.1 Å². The molecule has 1 saturated carbocycles. The number of hydrogen-bond donors (Lipinski definition) is 2. The maximum atomic E-state index is 11.6. The van der Waals surface area contributed by atoms with Crippen LogP contribution in [0.5, 0.6) is 5.75 Å². The zero-order valence-electron chi connectivity index (χ0n) is 23.4. The Labute approximate surface area is 240 Å². The molecule has 1 atom stereocenters. The molecular formula is C33H36N4O4. The van der Waals surface area contributed by atoms with Crippen molar-refractivity contribution in [2.24, 2.45) is 0 Å². The van der Waals surface area contributed by atoms with Gasteiger partial charge in [0.2, 0.25) is 5.91 Å². The number of benzene rings is 3. The number of imidazole rings is 1. The van der Waals surface area contributed by atoms with E-state index in [1.165, 1.54) is 26.2 Å². The minimum atomic E-state index is -0.940. The predicted molar refractivity (Wildman–Crippen MR) is 161 cm³/mol. The predicted octanol–water partition coefficient (Wildman–Crippen LogP) is 6.91. The smallest absolute Gasteiger partial charge is 0.335 e. The van der Waals surface area contributed by atoms with Crippen molar-refractivity contribution in [3.05, 3.63) is 72.3 Å². The van der Waals surface area contributed by atoms with E-state index in [2.05, 4.69) is 39.0 Å². The lowest BCUT2D eigenvalue weighted by molar-refractivity contribution is -0.114. The number of nitrogens with one attached hydrogen (secondary N) is 1. The van der Waals surface area contributed by atoms with Gasteiger partial charge >= 0.3 is 5.97 Å². The quantitative estimate of drug-likeness (QED) is 0.246. The molecule has 0 bridgehead atoms. The highest BCUT2D eigenvalue weighted by Crippen LogP contribution is 2.37. The Bertz CT molecular complexity index is 1540. The van der Waals surface area contributed by atoms with Crippen molar-refractivity contribution in [1.82, 2.24) is 9.55 Å². The van der Waals surface area contributed by atoms with Gasteiger partial charge in [-0.05, 0) is 92.4 Å². The summed E-state index contributed by atoms with van der Waals surface area (Å²) in [6.07, 6.45) is 8.04. The van der Waals surface area contributed by atoms with Gasteiger partial charge in [-0.1, -0.05) is 19.3 Å². The first-order valence-corrected chi connectivity index (χ1v) is 14.6. The molecule has 1 aliphatic heterocycles. The van der Waals surface area contributed by atoms with Gasteiger partial charge in [0.15, 0.2) is 0 Å². The molecule has 0 unspecified atom stereocenters. The maximum absolute atomic E-state index is 11.6. The third-order valence-electron chi connectivity index (χ3n) is 8.33. The minimum absolute atomic E-state index is 0.0743. The van der Waals surface area contributed by atoms with Crippen LogP contribution in [0.1, 0.15) is 68.3 Å². The van der Waals surface area contributed by atoms with Gasteiger partial charge < -0.3 is 24.6 Å². The molecule has 1 saturated heterocycles. The van der Waals surface area contributed by atoms with Gasteiger partial charge in [0.05, 0.1) is 22.6 Å². The van der Waals surface area contributed by atoms with E-state index < -0.39 is 5.97 Å². The lowest BCUT2D eigenvalue weighted by Gasteiger charge is -2.27. The standard InChI is InChI=1S/C33H36N4O4/c1-22(38)34-25-12-14-26(15-13-25)36-19-5-8-28(36)21-41-29-16-9-23(10-17-29)32-35-30-20-24(33(39)40)11-18-31(30)37(32)27-6-3-2-4-7-27/h9-18,20,27-28H,2-8,19,21H2,1H3,(H,34,38)(H,39,40)/t28-/m0/s1. The Kier molecular flexibility index (Phi) is 7.63. The molecule has 2 fully saturated rings. The molecule has 6 rings (SSSR count). The van der Waals surface area contributed by atoms with Crippen LogP contribution in [0, 0.1) is 0 Å². The van der Waals surface area contributed by atoms with E-state index in [-0.39, 0.29) is 17.5 Å². The molecule has 2 aliphatic rings. The fraction of sp³-hybridized carbons (Fsp3) is 0.364. The number of hydrogen-bond acceptors (Lipinski definition) is 5. The number of nitrogens with zero attached hydrogens (tertiary/aromatic N) is 3. The largest absolute Gasteiger partial charge is 0.491 e. The maximum Gasteiger partial charge on any atom is 0.335 e. The van der Waals surface area contributed by atoms with Crippen molar-refractivity contribution in [3.63, 3.8) is 0 Å². The SMILES string of the molecule is CC(=O)Nc1ccc(N2CCC[C@H]2COc2ccc(-c3nc4cc(C(=O)O)ccc4n3C3CCCCC3)cc2)cc1. The molecule has 0 radical (unpaired) electrons. The van der Waals surface area contributed by atoms with Gasteiger partial charge in [-0.25, -0.2) is 9.78 Å². The average Bonchev–Trinajstić information content (AvgIpc) is 3.61. The molecule has 0 spiro atoms. The van der Waals surface area contributed by atoms with Crippen LogP contribution in [0.25, 0.3) is 22.4 Å². The summed E-state index contributed by atoms with van der Waals surface area (Å²) in [7, 11) is 0. The number of fused-ring (bicyclic) bond motifs is 1. The number of carboxylic acid groups (broad SMARTS) is 1. The molecule has 41 heavy (non-hydrogen) atoms. The van der Waals surface area contributed by atoms with Crippen molar-refractivity contribution in [2.45, 2.75) is 64.0 Å². The summed E-state index contributed by atoms with van der Waals surface area (Å²) in [5.74, 6) is 0.681. The topological polar surface area (TPSA) is 96.7 Å². The fourth-order valence-electron chi connectivity index (χ4n) is 6.33. The van der Waals surface area contributed by atoms with Crippen molar-refractivity contribution in [3.8, 4) is 17.1 Å². The molecular weight excluding hydrogens is 516 g/mol. The molecule has 3 aromatic carbocycles. The number of aromatic nitrogens is 2. The zero-order valence-corrected chi connectivity index (χ0v) is 23.4. The Hall–Kier alpha value is -4.33. The van der Waals surface area contributed by atoms with E-state index in [0.29, 0.717) is 12.6 Å². The summed E-state index contributed by atoms with van der Waals surface area (Å²) in [5.41, 5.74) is 4.89. The van der Waals surface area contributed by atoms with Crippen LogP contribution in [0.4, 0.5) is 11.4 Å². The second-order valence-corrected chi connectivity index (χ2v) is 11.2.